The van der Waals surface area contributed by atoms with Gasteiger partial charge in [-0.3, -0.25) is 13.6 Å². The van der Waals surface area contributed by atoms with Crippen LogP contribution < -0.4 is 0 Å². The van der Waals surface area contributed by atoms with Gasteiger partial charge in [0.15, 0.2) is 0 Å². The lowest BCUT2D eigenvalue weighted by Crippen LogP contribution is -2.12. The lowest BCUT2D eigenvalue weighted by molar-refractivity contribution is 0.639. The molecule has 0 saturated carbocycles. The van der Waals surface area contributed by atoms with Crippen LogP contribution in [0.1, 0.15) is 0 Å². The Morgan fingerprint density at radius 2 is 1.59 bits per heavy atom. The molecule has 0 bridgehead atoms. The van der Waals surface area contributed by atoms with Crippen LogP contribution in [0.15, 0.2) is 66.9 Å². The maximum atomic E-state index is 13.7. The summed E-state index contributed by atoms with van der Waals surface area (Å²) < 4.78 is 28.5. The van der Waals surface area contributed by atoms with Crippen LogP contribution in [0.25, 0.3) is 33.1 Å². The lowest BCUT2D eigenvalue weighted by atomic mass is 10.1. The third kappa shape index (κ3) is 1.82. The van der Waals surface area contributed by atoms with Crippen LogP contribution in [0.2, 0.25) is 0 Å². The van der Waals surface area contributed by atoms with Gasteiger partial charge in [0.25, 0.3) is 0 Å². The topological polar surface area (TPSA) is 17.8 Å². The maximum absolute atomic E-state index is 13.7. The predicted octanol–water partition coefficient (Wildman–Crippen LogP) is 4.63. The van der Waals surface area contributed by atoms with Crippen molar-refractivity contribution in [2.24, 2.45) is 0 Å². The van der Waals surface area contributed by atoms with Crippen LogP contribution in [-0.2, 0) is 0 Å². The highest BCUT2D eigenvalue weighted by Gasteiger charge is 2.25. The van der Waals surface area contributed by atoms with E-state index < -0.39 is 7.40 Å². The summed E-state index contributed by atoms with van der Waals surface area (Å²) in [6, 6.07) is 18.3. The van der Waals surface area contributed by atoms with Crippen molar-refractivity contribution in [1.82, 2.24) is 9.46 Å². The van der Waals surface area contributed by atoms with Gasteiger partial charge in [0.2, 0.25) is 0 Å². The fourth-order valence-corrected chi connectivity index (χ4v) is 2.98. The zero-order chi connectivity index (χ0) is 15.1. The molecule has 0 atom stereocenters. The van der Waals surface area contributed by atoms with E-state index in [2.05, 4.69) is 4.98 Å². The average molecular weight is 292 g/mol. The summed E-state index contributed by atoms with van der Waals surface area (Å²) in [7, 11) is -2.60. The van der Waals surface area contributed by atoms with Crippen molar-refractivity contribution >= 4 is 29.2 Å². The quantitative estimate of drug-likeness (QED) is 0.493. The summed E-state index contributed by atoms with van der Waals surface area (Å²) in [4.78, 5) is 4.31. The van der Waals surface area contributed by atoms with E-state index in [9.17, 15) is 8.63 Å². The smallest absolute Gasteiger partial charge is 0.324 e. The van der Waals surface area contributed by atoms with Crippen molar-refractivity contribution in [2.45, 2.75) is 0 Å². The van der Waals surface area contributed by atoms with E-state index in [1.54, 1.807) is 18.3 Å². The molecule has 0 saturated heterocycles. The zero-order valence-corrected chi connectivity index (χ0v) is 11.6. The van der Waals surface area contributed by atoms with Crippen LogP contribution in [0.4, 0.5) is 8.63 Å². The highest BCUT2D eigenvalue weighted by atomic mass is 19.2. The van der Waals surface area contributed by atoms with Crippen LogP contribution in [0, 0.1) is 0 Å². The molecule has 2 heterocycles. The second-order valence-electron chi connectivity index (χ2n) is 5.08. The number of rotatable bonds is 2. The summed E-state index contributed by atoms with van der Waals surface area (Å²) in [5.41, 5.74) is 2.47. The number of fused-ring (bicyclic) bond motifs is 3. The number of hydrogen-bond donors (Lipinski definition) is 0. The molecule has 2 aromatic heterocycles. The first-order valence-electron chi connectivity index (χ1n) is 6.98. The van der Waals surface area contributed by atoms with E-state index in [0.717, 1.165) is 20.8 Å². The second-order valence-corrected chi connectivity index (χ2v) is 5.08. The Bertz CT molecular complexity index is 964. The molecule has 4 aromatic rings. The second kappa shape index (κ2) is 4.95. The van der Waals surface area contributed by atoms with Gasteiger partial charge in [-0.05, 0) is 18.2 Å². The number of pyridine rings is 1. The molecule has 5 heteroatoms. The first kappa shape index (κ1) is 13.0. The minimum absolute atomic E-state index is 0.525. The molecule has 0 N–H and O–H groups in total. The van der Waals surface area contributed by atoms with Crippen molar-refractivity contribution in [2.75, 3.05) is 0 Å². The number of aromatic nitrogens is 2. The third-order valence-electron chi connectivity index (χ3n) is 3.87. The van der Waals surface area contributed by atoms with E-state index >= 15 is 0 Å². The molecule has 0 fully saturated rings. The highest BCUT2D eigenvalue weighted by Crippen LogP contribution is 2.35. The Kier molecular flexibility index (Phi) is 2.93. The van der Waals surface area contributed by atoms with Gasteiger partial charge in [0.05, 0.1) is 11.2 Å². The molecule has 0 aliphatic rings. The molecular weight excluding hydrogens is 281 g/mol. The minimum atomic E-state index is -2.60. The fourth-order valence-electron chi connectivity index (χ4n) is 2.98. The zero-order valence-electron chi connectivity index (χ0n) is 11.6. The van der Waals surface area contributed by atoms with Crippen molar-refractivity contribution < 1.29 is 8.63 Å². The summed E-state index contributed by atoms with van der Waals surface area (Å²) in [6.45, 7) is 0. The SMILES string of the molecule is FB(F)n1c2ccccc2c2cccc(-c3ccccn3)c21. The van der Waals surface area contributed by atoms with Gasteiger partial charge in [-0.1, -0.05) is 42.5 Å². The summed E-state index contributed by atoms with van der Waals surface area (Å²) in [5, 5.41) is 1.65. The molecule has 0 amide bonds. The van der Waals surface area contributed by atoms with Crippen molar-refractivity contribution in [1.29, 1.82) is 0 Å². The Morgan fingerprint density at radius 3 is 2.36 bits per heavy atom. The molecular formula is C17H11BF2N2. The Labute approximate surface area is 126 Å². The summed E-state index contributed by atoms with van der Waals surface area (Å²) in [5.74, 6) is 0. The Morgan fingerprint density at radius 1 is 0.818 bits per heavy atom. The molecule has 2 aromatic carbocycles. The van der Waals surface area contributed by atoms with Gasteiger partial charge in [0.1, 0.15) is 0 Å². The van der Waals surface area contributed by atoms with E-state index in [0.29, 0.717) is 16.7 Å². The number of halogens is 2. The lowest BCUT2D eigenvalue weighted by Gasteiger charge is -2.07. The first-order chi connectivity index (χ1) is 10.8. The third-order valence-corrected chi connectivity index (χ3v) is 3.87. The van der Waals surface area contributed by atoms with Gasteiger partial charge < -0.3 is 4.48 Å². The number of para-hydroxylation sites is 2. The number of hydrogen-bond acceptors (Lipinski definition) is 1. The molecule has 2 nitrogen and oxygen atoms in total. The molecule has 0 spiro atoms. The van der Waals surface area contributed by atoms with Crippen LogP contribution in [0.3, 0.4) is 0 Å². The number of benzene rings is 2. The maximum Gasteiger partial charge on any atom is 0.678 e. The standard InChI is InChI=1S/C17H11BF2N2/c19-18(20)22-16-10-2-1-6-12(16)13-7-5-8-14(17(13)22)15-9-3-4-11-21-15/h1-11H. The van der Waals surface area contributed by atoms with E-state index in [1.165, 1.54) is 0 Å². The molecule has 0 aliphatic carbocycles. The van der Waals surface area contributed by atoms with E-state index in [1.807, 2.05) is 48.5 Å². The largest absolute Gasteiger partial charge is 0.678 e. The van der Waals surface area contributed by atoms with E-state index in [4.69, 9.17) is 0 Å². The highest BCUT2D eigenvalue weighted by molar-refractivity contribution is 6.45. The molecule has 0 aliphatic heterocycles. The summed E-state index contributed by atoms with van der Waals surface area (Å²) in [6.07, 6.45) is 1.67. The molecule has 0 radical (unpaired) electrons. The molecule has 4 rings (SSSR count). The van der Waals surface area contributed by atoms with Crippen LogP contribution in [-0.4, -0.2) is 16.9 Å². The predicted molar refractivity (Wildman–Crippen MR) is 86.0 cm³/mol. The molecule has 106 valence electrons. The Hall–Kier alpha value is -2.69. The van der Waals surface area contributed by atoms with Crippen molar-refractivity contribution in [3.8, 4) is 11.3 Å². The monoisotopic (exact) mass is 292 g/mol. The minimum Gasteiger partial charge on any atom is -0.324 e. The molecule has 0 unspecified atom stereocenters. The fraction of sp³-hybridized carbons (Fsp3) is 0. The Balaban J connectivity index is 2.20. The first-order valence-corrected chi connectivity index (χ1v) is 6.98. The van der Waals surface area contributed by atoms with Crippen molar-refractivity contribution in [3.05, 3.63) is 66.9 Å². The average Bonchev–Trinajstić information content (AvgIpc) is 2.90. The van der Waals surface area contributed by atoms with Gasteiger partial charge in [-0.15, -0.1) is 0 Å². The van der Waals surface area contributed by atoms with E-state index in [-0.39, 0.29) is 0 Å². The van der Waals surface area contributed by atoms with Gasteiger partial charge in [0, 0.05) is 28.0 Å². The molecule has 22 heavy (non-hydrogen) atoms. The summed E-state index contributed by atoms with van der Waals surface area (Å²) >= 11 is 0. The number of nitrogens with zero attached hydrogens (tertiary/aromatic N) is 2. The normalized spacial score (nSPS) is 11.2. The van der Waals surface area contributed by atoms with Gasteiger partial charge in [-0.25, -0.2) is 0 Å². The van der Waals surface area contributed by atoms with Crippen LogP contribution >= 0.6 is 0 Å². The van der Waals surface area contributed by atoms with Crippen molar-refractivity contribution in [3.63, 3.8) is 0 Å². The van der Waals surface area contributed by atoms with Crippen LogP contribution in [0.5, 0.6) is 0 Å². The van der Waals surface area contributed by atoms with Gasteiger partial charge in [-0.2, -0.15) is 0 Å². The van der Waals surface area contributed by atoms with Gasteiger partial charge >= 0.3 is 7.40 Å².